The highest BCUT2D eigenvalue weighted by Gasteiger charge is 2.18. The van der Waals surface area contributed by atoms with Crippen molar-refractivity contribution in [2.45, 2.75) is 114 Å². The van der Waals surface area contributed by atoms with Crippen LogP contribution in [0.1, 0.15) is 125 Å². The lowest BCUT2D eigenvalue weighted by Gasteiger charge is -2.08. The molecule has 5 aromatic heterocycles. The van der Waals surface area contributed by atoms with Crippen LogP contribution >= 0.6 is 26.2 Å². The molecule has 3 unspecified atom stereocenters. The molecule has 3 atom stereocenters. The van der Waals surface area contributed by atoms with E-state index in [-0.39, 0.29) is 75.3 Å². The minimum atomic E-state index is -1.43. The lowest BCUT2D eigenvalue weighted by atomic mass is 10.1. The zero-order chi connectivity index (χ0) is 74.0. The molecule has 0 radical (unpaired) electrons. The van der Waals surface area contributed by atoms with E-state index in [0.29, 0.717) is 50.2 Å². The number of carboxylic acids is 1. The molecule has 5 aromatic rings. The highest BCUT2D eigenvalue weighted by Crippen LogP contribution is 2.09. The average Bonchev–Trinajstić information content (AvgIpc) is 0.850. The van der Waals surface area contributed by atoms with Gasteiger partial charge in [-0.05, 0) is 120 Å². The van der Waals surface area contributed by atoms with E-state index in [1.807, 2.05) is 51.2 Å². The molecule has 5 rings (SSSR count). The summed E-state index contributed by atoms with van der Waals surface area (Å²) < 4.78 is 9.14. The van der Waals surface area contributed by atoms with Crippen molar-refractivity contribution in [3.63, 3.8) is 0 Å². The summed E-state index contributed by atoms with van der Waals surface area (Å²) in [5, 5.41) is 51.7. The van der Waals surface area contributed by atoms with Crippen molar-refractivity contribution >= 4 is 68.7 Å². The maximum Gasteiger partial charge on any atom is 0.372 e. The molecular weight excluding hydrogens is 1300 g/mol. The van der Waals surface area contributed by atoms with Crippen LogP contribution in [-0.2, 0) is 42.3 Å². The molecular formula is C52H76N21O18P3. The van der Waals surface area contributed by atoms with E-state index in [4.69, 9.17) is 48.1 Å². The molecule has 0 aliphatic heterocycles. The summed E-state index contributed by atoms with van der Waals surface area (Å²) in [7, 11) is 0.609. The Kier molecular flexibility index (Phi) is 51.7. The van der Waals surface area contributed by atoms with Crippen LogP contribution in [0.5, 0.6) is 0 Å². The van der Waals surface area contributed by atoms with Gasteiger partial charge in [0.05, 0.1) is 24.3 Å². The molecule has 5 heterocycles. The zero-order valence-electron chi connectivity index (χ0n) is 53.4. The Morgan fingerprint density at radius 2 is 0.851 bits per heavy atom. The summed E-state index contributed by atoms with van der Waals surface area (Å²) in [5.41, 5.74) is 4.00. The van der Waals surface area contributed by atoms with Gasteiger partial charge in [-0.3, -0.25) is 52.7 Å². The van der Waals surface area contributed by atoms with Crippen molar-refractivity contribution in [1.82, 2.24) is 70.7 Å². The van der Waals surface area contributed by atoms with Gasteiger partial charge in [0.1, 0.15) is 29.9 Å². The number of nitrogens with one attached hydrogen (secondary N) is 2. The zero-order valence-corrected chi connectivity index (χ0v) is 56.4. The maximum absolute atomic E-state index is 11.8. The normalized spacial score (nSPS) is 9.87. The first kappa shape index (κ1) is 91.9. The topological polar surface area (TPSA) is 599 Å². The molecule has 0 bridgehead atoms. The number of aldehydes is 2. The summed E-state index contributed by atoms with van der Waals surface area (Å²) in [5.74, 6) is -4.06. The van der Waals surface area contributed by atoms with E-state index in [1.165, 1.54) is 13.0 Å². The van der Waals surface area contributed by atoms with Crippen molar-refractivity contribution in [3.05, 3.63) is 159 Å². The fourth-order valence-electron chi connectivity index (χ4n) is 5.97. The van der Waals surface area contributed by atoms with Crippen LogP contribution in [0.4, 0.5) is 0 Å². The van der Waals surface area contributed by atoms with E-state index < -0.39 is 81.0 Å². The third kappa shape index (κ3) is 31.3. The number of allylic oxidation sites excluding steroid dienone is 2. The minimum Gasteiger partial charge on any atom is -0.475 e. The van der Waals surface area contributed by atoms with Crippen molar-refractivity contribution < 1.29 is 39.6 Å². The van der Waals surface area contributed by atoms with Gasteiger partial charge in [0.15, 0.2) is 24.2 Å². The summed E-state index contributed by atoms with van der Waals surface area (Å²) in [6.07, 6.45) is 8.60. The van der Waals surface area contributed by atoms with Crippen LogP contribution in [0, 0.1) is 57.2 Å². The third-order valence-corrected chi connectivity index (χ3v) is 13.0. The first-order valence-electron chi connectivity index (χ1n) is 26.9. The summed E-state index contributed by atoms with van der Waals surface area (Å²) >= 11 is 0. The second kappa shape index (κ2) is 52.9. The summed E-state index contributed by atoms with van der Waals surface area (Å²) in [6, 6.07) is 6.99. The maximum atomic E-state index is 11.8. The number of hydrogen-bond acceptors (Lipinski definition) is 26. The standard InChI is InChI=1S/2C9H14N3O2P.C7H10N3O3P.C6H7N3O4.C6H7N3O3.C5H10N2O2.C5H6N2.C3H2N2.C2H4.H2O2/c2*1-4-6-7-10-8(13)11(5-2)9(14)12(7)15-3;1-3-9-6(12)8-5(4-11)10(14-2)7(9)13;1-2-9-5(12)7-3(4(10)11)8-6(9)13;1-2-9-5(11)7-4(3-10)8-6(9)12;1-2-3(4(6)8)5(7)9;1-2-5(3-6)4-7;4-2-1-3-5;2*1-2/h2*4,6,15H,5H2,1-3H3;4,14H,3H2,1-2H3;2H2,1H3,(H,10,11)(H,7,8,12,13);3H,2H2,1H3,(H,7,8,11,12);3H,2H2,1H3,(H2,6,8)(H2,7,9);5H,2H2,1H3;1H2;1-2H2;1-2H/b2*6-4+;;;;;;;;. The van der Waals surface area contributed by atoms with Gasteiger partial charge in [-0.15, -0.1) is 13.2 Å². The molecule has 2 amide bonds. The molecule has 94 heavy (non-hydrogen) atoms. The number of nitriles is 4. The van der Waals surface area contributed by atoms with Crippen molar-refractivity contribution in [2.24, 2.45) is 23.3 Å². The molecule has 0 saturated heterocycles. The van der Waals surface area contributed by atoms with Gasteiger partial charge in [-0.25, -0.2) is 75.6 Å². The van der Waals surface area contributed by atoms with Gasteiger partial charge < -0.3 is 16.6 Å². The molecule has 0 aliphatic carbocycles. The molecule has 0 spiro atoms. The highest BCUT2D eigenvalue weighted by atomic mass is 31.1. The quantitative estimate of drug-likeness (QED) is 0.0148. The number of rotatable bonds is 17. The predicted molar refractivity (Wildman–Crippen MR) is 350 cm³/mol. The van der Waals surface area contributed by atoms with Gasteiger partial charge in [-0.2, -0.15) is 46.0 Å². The number of carbonyl (C=O) groups excluding carboxylic acids is 4. The lowest BCUT2D eigenvalue weighted by molar-refractivity contribution is -0.176. The van der Waals surface area contributed by atoms with E-state index in [9.17, 15) is 71.9 Å². The van der Waals surface area contributed by atoms with Gasteiger partial charge >= 0.3 is 62.9 Å². The molecule has 0 aromatic carbocycles. The Morgan fingerprint density at radius 1 is 0.532 bits per heavy atom. The Morgan fingerprint density at radius 3 is 1.05 bits per heavy atom. The SMILES string of the molecule is C/C=C/c1nc(=O)n(CC)c(=O)n1PC.C/C=C/c1nc(=O)n(CC)c(=O)n1PC.C=C.CCC(C#N)C#N.CCC(C(N)=O)C(N)=O.CCn1c(=O)nc(C(=O)O)[nH]c1=O.CCn1c(=O)nc(C=O)[nH]c1=O.CCn1c(=O)nc(C=O)n(PC)c1=O.N#CCC#N.OO. The fourth-order valence-corrected chi connectivity index (χ4v) is 7.94. The molecule has 0 saturated carbocycles. The van der Waals surface area contributed by atoms with E-state index in [0.717, 1.165) is 22.8 Å². The molecule has 512 valence electrons. The first-order chi connectivity index (χ1) is 44.5. The second-order valence-corrected chi connectivity index (χ2v) is 18.6. The first-order valence-corrected chi connectivity index (χ1v) is 31.3. The second-order valence-electron chi connectivity index (χ2n) is 15.9. The molecule has 9 N–H and O–H groups in total. The average molecular weight is 1380 g/mol. The van der Waals surface area contributed by atoms with E-state index in [2.05, 4.69) is 43.1 Å². The van der Waals surface area contributed by atoms with Crippen LogP contribution in [0.3, 0.4) is 0 Å². The van der Waals surface area contributed by atoms with Gasteiger partial charge in [-0.1, -0.05) is 26.0 Å². The monoisotopic (exact) mass is 1380 g/mol. The number of amides is 2. The van der Waals surface area contributed by atoms with Crippen LogP contribution in [-0.4, -0.2) is 137 Å². The Labute approximate surface area is 539 Å². The van der Waals surface area contributed by atoms with Crippen molar-refractivity contribution in [3.8, 4) is 24.3 Å². The number of carbonyl (C=O) groups is 5. The van der Waals surface area contributed by atoms with Crippen LogP contribution in [0.25, 0.3) is 12.2 Å². The summed E-state index contributed by atoms with van der Waals surface area (Å²) in [6.45, 7) is 28.4. The van der Waals surface area contributed by atoms with E-state index in [1.54, 1.807) is 84.6 Å². The Hall–Kier alpha value is -10.8. The van der Waals surface area contributed by atoms with E-state index >= 15 is 0 Å². The van der Waals surface area contributed by atoms with Gasteiger partial charge in [0, 0.05) is 32.7 Å². The van der Waals surface area contributed by atoms with Crippen LogP contribution in [0.15, 0.2) is 73.3 Å². The number of primary amides is 2. The number of aromatic amines is 2. The highest BCUT2D eigenvalue weighted by molar-refractivity contribution is 7.35. The van der Waals surface area contributed by atoms with Crippen molar-refractivity contribution in [1.29, 1.82) is 21.0 Å². The molecule has 42 heteroatoms. The van der Waals surface area contributed by atoms with Crippen LogP contribution in [0.2, 0.25) is 0 Å². The molecule has 39 nitrogen and oxygen atoms in total. The number of nitrogens with zero attached hydrogens (tertiary/aromatic N) is 17. The number of aromatic nitrogens is 15. The number of carboxylic acid groups (broad SMARTS) is 1. The minimum absolute atomic E-state index is 0. The smallest absolute Gasteiger partial charge is 0.372 e. The lowest BCUT2D eigenvalue weighted by Crippen LogP contribution is -2.40. The third-order valence-electron chi connectivity index (χ3n) is 10.4. The number of H-pyrrole nitrogens is 2. The Bertz CT molecular complexity index is 3950. The van der Waals surface area contributed by atoms with Gasteiger partial charge in [0.2, 0.25) is 17.6 Å². The number of hydrogen-bond donors (Lipinski definition) is 7. The molecule has 0 fully saturated rings. The van der Waals surface area contributed by atoms with Crippen molar-refractivity contribution in [2.75, 3.05) is 20.0 Å². The predicted octanol–water partition coefficient (Wildman–Crippen LogP) is -0.932. The fraction of sp³-hybridized carbons (Fsp3) is 0.423. The molecule has 0 aliphatic rings. The summed E-state index contributed by atoms with van der Waals surface area (Å²) in [4.78, 5) is 186. The number of nitrogens with two attached hydrogens (primary N) is 2. The largest absolute Gasteiger partial charge is 0.475 e. The van der Waals surface area contributed by atoms with Crippen LogP contribution < -0.4 is 68.4 Å². The number of aromatic carboxylic acids is 1. The van der Waals surface area contributed by atoms with Gasteiger partial charge in [0.25, 0.3) is 0 Å². The Balaban J connectivity index is -0.000000324.